The predicted molar refractivity (Wildman–Crippen MR) is 205 cm³/mol. The van der Waals surface area contributed by atoms with Crippen LogP contribution in [-0.2, 0) is 4.79 Å². The summed E-state index contributed by atoms with van der Waals surface area (Å²) in [5.41, 5.74) is 11.0. The van der Waals surface area contributed by atoms with Crippen molar-refractivity contribution in [2.75, 3.05) is 5.73 Å². The molecule has 0 saturated carbocycles. The third kappa shape index (κ3) is 10.9. The first-order valence-corrected chi connectivity index (χ1v) is 16.5. The highest BCUT2D eigenvalue weighted by Crippen LogP contribution is 2.25. The largest absolute Gasteiger partial charge is 0.368 e. The number of non-ortho nitro benzene ring substituents is 2. The lowest BCUT2D eigenvalue weighted by atomic mass is 10.1. The summed E-state index contributed by atoms with van der Waals surface area (Å²) in [7, 11) is 0. The molecule has 264 valence electrons. The molecular weight excluding hydrogens is 742 g/mol. The minimum Gasteiger partial charge on any atom is -0.368 e. The fourth-order valence-corrected chi connectivity index (χ4v) is 4.97. The molecule has 0 radical (unpaired) electrons. The van der Waals surface area contributed by atoms with Crippen molar-refractivity contribution in [3.05, 3.63) is 166 Å². The van der Waals surface area contributed by atoms with Gasteiger partial charge in [-0.05, 0) is 17.7 Å². The second kappa shape index (κ2) is 19.3. The van der Waals surface area contributed by atoms with Crippen LogP contribution in [0.5, 0.6) is 0 Å². The van der Waals surface area contributed by atoms with Gasteiger partial charge in [0, 0.05) is 60.3 Å². The summed E-state index contributed by atoms with van der Waals surface area (Å²) in [6.07, 6.45) is 6.03. The van der Waals surface area contributed by atoms with Crippen molar-refractivity contribution in [2.45, 2.75) is 11.8 Å². The topological polar surface area (TPSA) is 209 Å². The maximum atomic E-state index is 10.9. The van der Waals surface area contributed by atoms with Crippen LogP contribution in [0.4, 0.5) is 17.3 Å². The monoisotopic (exact) mass is 771 g/mol. The van der Waals surface area contributed by atoms with Crippen LogP contribution in [0.25, 0.3) is 39.5 Å². The van der Waals surface area contributed by atoms with Gasteiger partial charge in [0.15, 0.2) is 0 Å². The normalized spacial score (nSPS) is 10.4. The Balaban J connectivity index is 0.000000186. The Morgan fingerprint density at radius 3 is 1.83 bits per heavy atom. The van der Waals surface area contributed by atoms with Crippen LogP contribution in [0.3, 0.4) is 0 Å². The molecule has 0 amide bonds. The molecule has 0 fully saturated rings. The van der Waals surface area contributed by atoms with E-state index in [0.717, 1.165) is 23.1 Å². The van der Waals surface area contributed by atoms with Crippen molar-refractivity contribution in [3.63, 3.8) is 0 Å². The average Bonchev–Trinajstić information content (AvgIpc) is 3.63. The summed E-state index contributed by atoms with van der Waals surface area (Å²) in [5.74, 6) is 0.696. The van der Waals surface area contributed by atoms with E-state index in [1.807, 2.05) is 77.3 Å². The number of carbonyl (C=O) groups is 1. The van der Waals surface area contributed by atoms with Gasteiger partial charge in [-0.2, -0.15) is 5.26 Å². The Bertz CT molecular complexity index is 2350. The number of aromatic nitrogens is 5. The van der Waals surface area contributed by atoms with Crippen molar-refractivity contribution < 1.29 is 14.6 Å². The molecule has 1 atom stereocenters. The van der Waals surface area contributed by atoms with Crippen LogP contribution < -0.4 is 5.73 Å². The number of nitrogens with zero attached hydrogens (tertiary/aromatic N) is 8. The molecule has 0 aliphatic heterocycles. The van der Waals surface area contributed by atoms with E-state index in [-0.39, 0.29) is 22.2 Å². The predicted octanol–water partition coefficient (Wildman–Crippen LogP) is 8.46. The van der Waals surface area contributed by atoms with E-state index in [1.54, 1.807) is 42.6 Å². The van der Waals surface area contributed by atoms with Gasteiger partial charge < -0.3 is 10.5 Å². The van der Waals surface area contributed by atoms with E-state index < -0.39 is 9.85 Å². The smallest absolute Gasteiger partial charge is 0.270 e. The Morgan fingerprint density at radius 1 is 0.774 bits per heavy atom. The van der Waals surface area contributed by atoms with E-state index in [0.29, 0.717) is 28.3 Å². The number of aldehydes is 1. The van der Waals surface area contributed by atoms with Crippen molar-refractivity contribution in [3.8, 4) is 39.8 Å². The lowest BCUT2D eigenvalue weighted by Gasteiger charge is -2.04. The van der Waals surface area contributed by atoms with Gasteiger partial charge in [-0.3, -0.25) is 24.6 Å². The number of nitriles is 1. The van der Waals surface area contributed by atoms with Gasteiger partial charge in [-0.1, -0.05) is 101 Å². The molecule has 7 aromatic rings. The van der Waals surface area contributed by atoms with Crippen LogP contribution in [0, 0.1) is 31.6 Å². The molecule has 0 aliphatic carbocycles. The lowest BCUT2D eigenvalue weighted by molar-refractivity contribution is -0.385. The molecule has 0 aliphatic rings. The first kappa shape index (κ1) is 38.6. The molecule has 1 unspecified atom stereocenters. The molecule has 0 saturated heterocycles. The number of imidazole rings is 1. The zero-order valence-electron chi connectivity index (χ0n) is 28.0. The van der Waals surface area contributed by atoms with E-state index in [2.05, 4.69) is 35.9 Å². The Hall–Kier alpha value is -7.18. The average molecular weight is 773 g/mol. The molecule has 0 bridgehead atoms. The molecule has 0 spiro atoms. The number of benzene rings is 4. The van der Waals surface area contributed by atoms with Crippen LogP contribution in [0.1, 0.15) is 17.3 Å². The molecule has 3 heterocycles. The lowest BCUT2D eigenvalue weighted by Crippen LogP contribution is -1.95. The Morgan fingerprint density at radius 2 is 1.30 bits per heavy atom. The van der Waals surface area contributed by atoms with E-state index in [1.165, 1.54) is 37.4 Å². The maximum absolute atomic E-state index is 10.9. The summed E-state index contributed by atoms with van der Waals surface area (Å²) in [5, 5.41) is 28.8. The summed E-state index contributed by atoms with van der Waals surface area (Å²) >= 11 is 3.22. The summed E-state index contributed by atoms with van der Waals surface area (Å²) in [6, 6.07) is 37.4. The first-order valence-electron chi connectivity index (χ1n) is 15.6. The highest BCUT2D eigenvalue weighted by molar-refractivity contribution is 9.09. The molecule has 2 N–H and O–H groups in total. The minimum atomic E-state index is -0.450. The Kier molecular flexibility index (Phi) is 14.0. The van der Waals surface area contributed by atoms with Gasteiger partial charge in [0.1, 0.15) is 6.29 Å². The van der Waals surface area contributed by atoms with Crippen molar-refractivity contribution in [2.24, 2.45) is 0 Å². The van der Waals surface area contributed by atoms with Gasteiger partial charge >= 0.3 is 0 Å². The summed E-state index contributed by atoms with van der Waals surface area (Å²) in [4.78, 5) is 47.4. The molecule has 14 nitrogen and oxygen atoms in total. The molecule has 7 rings (SSSR count). The fourth-order valence-electron chi connectivity index (χ4n) is 4.66. The van der Waals surface area contributed by atoms with Crippen molar-refractivity contribution in [1.29, 1.82) is 5.26 Å². The zero-order chi connectivity index (χ0) is 38.2. The van der Waals surface area contributed by atoms with Crippen LogP contribution in [-0.4, -0.2) is 40.5 Å². The van der Waals surface area contributed by atoms with Crippen molar-refractivity contribution in [1.82, 2.24) is 24.3 Å². The molecule has 4 aromatic carbocycles. The number of hydrogen-bond donors (Lipinski definition) is 1. The van der Waals surface area contributed by atoms with Gasteiger partial charge in [0.05, 0.1) is 44.0 Å². The number of alkyl halides is 1. The SMILES string of the molecule is CC#N.Nc1nccc(-c2cccc([N+](=O)[O-])c2)n1.O=CC(Br)c1ccccc1.O=[N+]([O-])c1cccc(-c2ccn3c(-c4ccccc4)cnc3n2)c1. The maximum Gasteiger partial charge on any atom is 0.270 e. The van der Waals surface area contributed by atoms with Gasteiger partial charge in [0.25, 0.3) is 11.4 Å². The van der Waals surface area contributed by atoms with E-state index in [9.17, 15) is 25.0 Å². The number of nitrogens with two attached hydrogens (primary N) is 1. The Labute approximate surface area is 311 Å². The number of anilines is 1. The molecule has 15 heteroatoms. The number of hydrogen-bond acceptors (Lipinski definition) is 11. The standard InChI is InChI=1S/C18H12N4O2.C10H8N4O2.C8H7BrO.C2H3N/c23-22(24)15-8-4-7-14(11-15)16-9-10-21-17(12-19-18(21)20-16)13-5-2-1-3-6-13;11-10-12-5-4-9(13-10)7-2-1-3-8(6-7)14(15)16;9-8(6-10)7-4-2-1-3-5-7;1-2-3/h1-12H;1-6H,(H2,11,12,13);1-6,8H;1H3. The highest BCUT2D eigenvalue weighted by atomic mass is 79.9. The number of rotatable bonds is 7. The number of nitrogen functional groups attached to an aromatic ring is 1. The van der Waals surface area contributed by atoms with Crippen LogP contribution in [0.15, 0.2) is 140 Å². The minimum absolute atomic E-state index is 0.0229. The summed E-state index contributed by atoms with van der Waals surface area (Å²) in [6.45, 7) is 1.43. The van der Waals surface area contributed by atoms with Gasteiger partial charge in [-0.25, -0.2) is 19.9 Å². The zero-order valence-corrected chi connectivity index (χ0v) is 29.6. The fraction of sp³-hybridized carbons (Fsp3) is 0.0526. The highest BCUT2D eigenvalue weighted by Gasteiger charge is 2.12. The van der Waals surface area contributed by atoms with Crippen molar-refractivity contribution >= 4 is 45.3 Å². The first-order chi connectivity index (χ1) is 25.6. The summed E-state index contributed by atoms with van der Waals surface area (Å²) < 4.78 is 1.90. The molecule has 3 aromatic heterocycles. The van der Waals surface area contributed by atoms with E-state index in [4.69, 9.17) is 11.0 Å². The van der Waals surface area contributed by atoms with Gasteiger partial charge in [-0.15, -0.1) is 0 Å². The number of nitro groups is 2. The van der Waals surface area contributed by atoms with Gasteiger partial charge in [0.2, 0.25) is 11.7 Å². The van der Waals surface area contributed by atoms with Crippen LogP contribution >= 0.6 is 15.9 Å². The quantitative estimate of drug-likeness (QED) is 0.0703. The number of fused-ring (bicyclic) bond motifs is 1. The number of carbonyl (C=O) groups excluding carboxylic acids is 1. The third-order valence-corrected chi connectivity index (χ3v) is 7.81. The molecular formula is C38H30BrN9O5. The molecule has 53 heavy (non-hydrogen) atoms. The van der Waals surface area contributed by atoms with E-state index >= 15 is 0 Å². The number of halogens is 1. The second-order valence-corrected chi connectivity index (χ2v) is 11.6. The number of nitro benzene ring substituents is 2. The third-order valence-electron chi connectivity index (χ3n) is 7.07. The van der Waals surface area contributed by atoms with Crippen LogP contribution in [0.2, 0.25) is 0 Å². The second-order valence-electron chi connectivity index (χ2n) is 10.6.